The Morgan fingerprint density at radius 1 is 1.21 bits per heavy atom. The lowest BCUT2D eigenvalue weighted by molar-refractivity contribution is -0.384. The topological polar surface area (TPSA) is 99.3 Å². The van der Waals surface area contributed by atoms with Crippen molar-refractivity contribution in [2.75, 3.05) is 11.9 Å². The number of rotatable bonds is 7. The van der Waals surface area contributed by atoms with Gasteiger partial charge in [0.2, 0.25) is 0 Å². The SMILES string of the molecule is Cc1nn(C)c(C)c1NC(=O)COc1ccc([N+](=O)[O-])cc1Cc1ccccc1. The minimum absolute atomic E-state index is 0.0191. The maximum atomic E-state index is 12.4. The van der Waals surface area contributed by atoms with Gasteiger partial charge < -0.3 is 10.1 Å². The molecule has 8 heteroatoms. The smallest absolute Gasteiger partial charge is 0.269 e. The van der Waals surface area contributed by atoms with Crippen LogP contribution in [0.25, 0.3) is 0 Å². The van der Waals surface area contributed by atoms with Gasteiger partial charge in [0, 0.05) is 31.2 Å². The number of carbonyl (C=O) groups is 1. The predicted molar refractivity (Wildman–Crippen MR) is 109 cm³/mol. The van der Waals surface area contributed by atoms with Gasteiger partial charge in [-0.1, -0.05) is 30.3 Å². The second-order valence-corrected chi connectivity index (χ2v) is 6.72. The number of non-ortho nitro benzene ring substituents is 1. The van der Waals surface area contributed by atoms with Crippen LogP contribution in [0.4, 0.5) is 11.4 Å². The largest absolute Gasteiger partial charge is 0.483 e. The summed E-state index contributed by atoms with van der Waals surface area (Å²) in [6.07, 6.45) is 0.459. The van der Waals surface area contributed by atoms with Crippen molar-refractivity contribution in [1.82, 2.24) is 9.78 Å². The number of nitro groups is 1. The van der Waals surface area contributed by atoms with E-state index in [0.717, 1.165) is 17.0 Å². The molecule has 0 atom stereocenters. The van der Waals surface area contributed by atoms with Gasteiger partial charge >= 0.3 is 0 Å². The Labute approximate surface area is 168 Å². The normalized spacial score (nSPS) is 10.6. The number of carbonyl (C=O) groups excluding carboxylic acids is 1. The number of hydrogen-bond acceptors (Lipinski definition) is 5. The molecule has 0 saturated carbocycles. The first-order chi connectivity index (χ1) is 13.8. The van der Waals surface area contributed by atoms with E-state index in [9.17, 15) is 14.9 Å². The number of benzene rings is 2. The van der Waals surface area contributed by atoms with Crippen LogP contribution in [0.2, 0.25) is 0 Å². The highest BCUT2D eigenvalue weighted by molar-refractivity contribution is 5.93. The fourth-order valence-electron chi connectivity index (χ4n) is 3.05. The molecule has 0 spiro atoms. The Kier molecular flexibility index (Phi) is 5.92. The monoisotopic (exact) mass is 394 g/mol. The summed E-state index contributed by atoms with van der Waals surface area (Å²) >= 11 is 0. The summed E-state index contributed by atoms with van der Waals surface area (Å²) in [6, 6.07) is 14.0. The van der Waals surface area contributed by atoms with E-state index in [1.54, 1.807) is 11.7 Å². The van der Waals surface area contributed by atoms with Crippen molar-refractivity contribution in [2.24, 2.45) is 7.05 Å². The molecule has 0 radical (unpaired) electrons. The predicted octanol–water partition coefficient (Wildman–Crippen LogP) is 3.55. The lowest BCUT2D eigenvalue weighted by Crippen LogP contribution is -2.21. The molecule has 2 aromatic carbocycles. The lowest BCUT2D eigenvalue weighted by atomic mass is 10.0. The highest BCUT2D eigenvalue weighted by Gasteiger charge is 2.16. The molecule has 150 valence electrons. The van der Waals surface area contributed by atoms with Crippen LogP contribution in [0.3, 0.4) is 0 Å². The van der Waals surface area contributed by atoms with Gasteiger partial charge in [-0.3, -0.25) is 19.6 Å². The van der Waals surface area contributed by atoms with Gasteiger partial charge in [0.05, 0.1) is 22.0 Å². The molecule has 1 heterocycles. The van der Waals surface area contributed by atoms with E-state index in [0.29, 0.717) is 23.4 Å². The molecular formula is C21H22N4O4. The minimum Gasteiger partial charge on any atom is -0.483 e. The second kappa shape index (κ2) is 8.55. The maximum Gasteiger partial charge on any atom is 0.269 e. The number of nitrogens with zero attached hydrogens (tertiary/aromatic N) is 3. The standard InChI is InChI=1S/C21H22N4O4/c1-14-21(15(2)24(3)23-14)22-20(26)13-29-19-10-9-18(25(27)28)12-17(19)11-16-7-5-4-6-8-16/h4-10,12H,11,13H2,1-3H3,(H,22,26). The van der Waals surface area contributed by atoms with Crippen molar-refractivity contribution >= 4 is 17.3 Å². The van der Waals surface area contributed by atoms with E-state index in [1.165, 1.54) is 18.2 Å². The van der Waals surface area contributed by atoms with Crippen LogP contribution in [-0.2, 0) is 18.3 Å². The number of hydrogen-bond donors (Lipinski definition) is 1. The summed E-state index contributed by atoms with van der Waals surface area (Å²) in [5, 5.41) is 18.2. The lowest BCUT2D eigenvalue weighted by Gasteiger charge is -2.12. The summed E-state index contributed by atoms with van der Waals surface area (Å²) in [5.74, 6) is 0.113. The zero-order chi connectivity index (χ0) is 21.0. The number of nitrogens with one attached hydrogen (secondary N) is 1. The van der Waals surface area contributed by atoms with Gasteiger partial charge in [0.25, 0.3) is 11.6 Å². The van der Waals surface area contributed by atoms with Gasteiger partial charge in [0.15, 0.2) is 6.61 Å². The minimum atomic E-state index is -0.445. The second-order valence-electron chi connectivity index (χ2n) is 6.72. The molecule has 0 unspecified atom stereocenters. The first kappa shape index (κ1) is 20.1. The quantitative estimate of drug-likeness (QED) is 0.488. The highest BCUT2D eigenvalue weighted by Crippen LogP contribution is 2.27. The van der Waals surface area contributed by atoms with E-state index in [-0.39, 0.29) is 18.2 Å². The van der Waals surface area contributed by atoms with Crippen molar-refractivity contribution in [3.05, 3.63) is 81.2 Å². The molecular weight excluding hydrogens is 372 g/mol. The molecule has 3 rings (SSSR count). The maximum absolute atomic E-state index is 12.4. The zero-order valence-electron chi connectivity index (χ0n) is 16.5. The van der Waals surface area contributed by atoms with Crippen LogP contribution < -0.4 is 10.1 Å². The van der Waals surface area contributed by atoms with E-state index in [1.807, 2.05) is 44.2 Å². The first-order valence-corrected chi connectivity index (χ1v) is 9.09. The average molecular weight is 394 g/mol. The van der Waals surface area contributed by atoms with E-state index in [4.69, 9.17) is 4.74 Å². The van der Waals surface area contributed by atoms with Gasteiger partial charge in [-0.05, 0) is 25.5 Å². The number of amides is 1. The molecule has 8 nitrogen and oxygen atoms in total. The summed E-state index contributed by atoms with van der Waals surface area (Å²) in [4.78, 5) is 23.1. The van der Waals surface area contributed by atoms with Crippen LogP contribution in [0.1, 0.15) is 22.5 Å². The molecule has 0 aliphatic heterocycles. The van der Waals surface area contributed by atoms with Crippen LogP contribution in [0.5, 0.6) is 5.75 Å². The Morgan fingerprint density at radius 3 is 2.55 bits per heavy atom. The van der Waals surface area contributed by atoms with Gasteiger partial charge in [-0.15, -0.1) is 0 Å². The third kappa shape index (κ3) is 4.78. The van der Waals surface area contributed by atoms with Crippen molar-refractivity contribution in [3.8, 4) is 5.75 Å². The van der Waals surface area contributed by atoms with E-state index in [2.05, 4.69) is 10.4 Å². The summed E-state index contributed by atoms with van der Waals surface area (Å²) in [5.41, 5.74) is 3.84. The summed E-state index contributed by atoms with van der Waals surface area (Å²) in [6.45, 7) is 3.47. The van der Waals surface area contributed by atoms with E-state index >= 15 is 0 Å². The zero-order valence-corrected chi connectivity index (χ0v) is 16.5. The van der Waals surface area contributed by atoms with Crippen LogP contribution in [0.15, 0.2) is 48.5 Å². The molecule has 0 aliphatic carbocycles. The Bertz CT molecular complexity index is 1040. The van der Waals surface area contributed by atoms with Crippen LogP contribution in [0, 0.1) is 24.0 Å². The first-order valence-electron chi connectivity index (χ1n) is 9.09. The fourth-order valence-corrected chi connectivity index (χ4v) is 3.05. The van der Waals surface area contributed by atoms with E-state index < -0.39 is 4.92 Å². The molecule has 1 aromatic heterocycles. The molecule has 0 saturated heterocycles. The molecule has 0 bridgehead atoms. The average Bonchev–Trinajstić information content (AvgIpc) is 2.93. The van der Waals surface area contributed by atoms with Gasteiger partial charge in [0.1, 0.15) is 5.75 Å². The molecule has 1 amide bonds. The molecule has 29 heavy (non-hydrogen) atoms. The molecule has 1 N–H and O–H groups in total. The van der Waals surface area contributed by atoms with Gasteiger partial charge in [-0.2, -0.15) is 5.10 Å². The van der Waals surface area contributed by atoms with Crippen molar-refractivity contribution in [1.29, 1.82) is 0 Å². The Morgan fingerprint density at radius 2 is 1.93 bits per heavy atom. The van der Waals surface area contributed by atoms with Crippen molar-refractivity contribution in [2.45, 2.75) is 20.3 Å². The molecule has 3 aromatic rings. The third-order valence-corrected chi connectivity index (χ3v) is 4.62. The third-order valence-electron chi connectivity index (χ3n) is 4.62. The molecule has 0 aliphatic rings. The summed E-state index contributed by atoms with van der Waals surface area (Å²) in [7, 11) is 1.81. The number of anilines is 1. The summed E-state index contributed by atoms with van der Waals surface area (Å²) < 4.78 is 7.40. The molecule has 0 fully saturated rings. The highest BCUT2D eigenvalue weighted by atomic mass is 16.6. The number of ether oxygens (including phenoxy) is 1. The van der Waals surface area contributed by atoms with Crippen LogP contribution in [-0.4, -0.2) is 27.2 Å². The number of nitro benzene ring substituents is 1. The van der Waals surface area contributed by atoms with Crippen molar-refractivity contribution in [3.63, 3.8) is 0 Å². The Balaban J connectivity index is 1.75. The number of aromatic nitrogens is 2. The number of aryl methyl sites for hydroxylation is 2. The fraction of sp³-hybridized carbons (Fsp3) is 0.238. The van der Waals surface area contributed by atoms with Crippen molar-refractivity contribution < 1.29 is 14.5 Å². The van der Waals surface area contributed by atoms with Gasteiger partial charge in [-0.25, -0.2) is 0 Å². The van der Waals surface area contributed by atoms with Crippen LogP contribution >= 0.6 is 0 Å². The Hall–Kier alpha value is -3.68.